The van der Waals surface area contributed by atoms with E-state index in [2.05, 4.69) is 15.6 Å². The van der Waals surface area contributed by atoms with Crippen molar-refractivity contribution in [2.45, 2.75) is 38.1 Å². The smallest absolute Gasteiger partial charge is 0.224 e. The summed E-state index contributed by atoms with van der Waals surface area (Å²) in [5.74, 6) is 0.950. The standard InChI is InChI=1S/C15H24N4O/c1-19(2)14-8-6-13(11-17-14)18-15(20)9-7-12-5-3-4-10-16-12/h6,8,11-12,16H,3-5,7,9-10H2,1-2H3,(H,18,20). The van der Waals surface area contributed by atoms with Gasteiger partial charge in [0.15, 0.2) is 0 Å². The summed E-state index contributed by atoms with van der Waals surface area (Å²) in [7, 11) is 3.88. The van der Waals surface area contributed by atoms with Crippen LogP contribution in [0.25, 0.3) is 0 Å². The van der Waals surface area contributed by atoms with Crippen LogP contribution in [0.2, 0.25) is 0 Å². The van der Waals surface area contributed by atoms with Crippen LogP contribution in [-0.2, 0) is 4.79 Å². The van der Waals surface area contributed by atoms with Crippen LogP contribution < -0.4 is 15.5 Å². The van der Waals surface area contributed by atoms with Crippen LogP contribution in [0.4, 0.5) is 11.5 Å². The summed E-state index contributed by atoms with van der Waals surface area (Å²) >= 11 is 0. The monoisotopic (exact) mass is 276 g/mol. The second kappa shape index (κ2) is 7.24. The van der Waals surface area contributed by atoms with Crippen LogP contribution in [0.1, 0.15) is 32.1 Å². The number of nitrogens with one attached hydrogen (secondary N) is 2. The lowest BCUT2D eigenvalue weighted by Crippen LogP contribution is -2.34. The third-order valence-corrected chi connectivity index (χ3v) is 3.62. The molecule has 1 saturated heterocycles. The Morgan fingerprint density at radius 3 is 2.90 bits per heavy atom. The number of nitrogens with zero attached hydrogens (tertiary/aromatic N) is 2. The predicted octanol–water partition coefficient (Wildman–Crippen LogP) is 2.01. The van der Waals surface area contributed by atoms with Crippen LogP contribution in [0.3, 0.4) is 0 Å². The molecule has 1 aliphatic rings. The lowest BCUT2D eigenvalue weighted by atomic mass is 10.0. The van der Waals surface area contributed by atoms with E-state index in [4.69, 9.17) is 0 Å². The highest BCUT2D eigenvalue weighted by Crippen LogP contribution is 2.14. The quantitative estimate of drug-likeness (QED) is 0.864. The Morgan fingerprint density at radius 2 is 2.30 bits per heavy atom. The van der Waals surface area contributed by atoms with Gasteiger partial charge < -0.3 is 15.5 Å². The van der Waals surface area contributed by atoms with E-state index in [0.29, 0.717) is 12.5 Å². The van der Waals surface area contributed by atoms with Gasteiger partial charge in [-0.1, -0.05) is 6.42 Å². The number of hydrogen-bond donors (Lipinski definition) is 2. The Morgan fingerprint density at radius 1 is 1.45 bits per heavy atom. The van der Waals surface area contributed by atoms with Crippen molar-refractivity contribution in [2.24, 2.45) is 0 Å². The highest BCUT2D eigenvalue weighted by atomic mass is 16.1. The Bertz CT molecular complexity index is 424. The molecule has 1 fully saturated rings. The third kappa shape index (κ3) is 4.49. The maximum absolute atomic E-state index is 11.9. The van der Waals surface area contributed by atoms with E-state index >= 15 is 0 Å². The SMILES string of the molecule is CN(C)c1ccc(NC(=O)CCC2CCCCN2)cn1. The molecular formula is C15H24N4O. The van der Waals surface area contributed by atoms with Crippen LogP contribution in [0.5, 0.6) is 0 Å². The van der Waals surface area contributed by atoms with E-state index in [-0.39, 0.29) is 5.91 Å². The molecule has 5 nitrogen and oxygen atoms in total. The van der Waals surface area contributed by atoms with Crippen LogP contribution in [0, 0.1) is 0 Å². The van der Waals surface area contributed by atoms with Gasteiger partial charge in [0.2, 0.25) is 5.91 Å². The highest BCUT2D eigenvalue weighted by Gasteiger charge is 2.14. The Labute approximate surface area is 120 Å². The van der Waals surface area contributed by atoms with Crippen LogP contribution >= 0.6 is 0 Å². The Hall–Kier alpha value is -1.62. The molecule has 0 aliphatic carbocycles. The van der Waals surface area contributed by atoms with E-state index in [1.54, 1.807) is 6.20 Å². The summed E-state index contributed by atoms with van der Waals surface area (Å²) in [6.45, 7) is 1.09. The number of carbonyl (C=O) groups is 1. The fourth-order valence-electron chi connectivity index (χ4n) is 2.42. The first-order valence-corrected chi connectivity index (χ1v) is 7.32. The summed E-state index contributed by atoms with van der Waals surface area (Å²) < 4.78 is 0. The number of anilines is 2. The summed E-state index contributed by atoms with van der Waals surface area (Å²) in [5, 5.41) is 6.36. The van der Waals surface area contributed by atoms with Gasteiger partial charge in [-0.25, -0.2) is 4.98 Å². The fraction of sp³-hybridized carbons (Fsp3) is 0.600. The van der Waals surface area contributed by atoms with E-state index in [1.807, 2.05) is 31.1 Å². The number of aromatic nitrogens is 1. The Balaban J connectivity index is 1.75. The molecule has 1 amide bonds. The van der Waals surface area contributed by atoms with Crippen molar-refractivity contribution in [2.75, 3.05) is 30.9 Å². The van der Waals surface area contributed by atoms with Crippen LogP contribution in [-0.4, -0.2) is 37.6 Å². The van der Waals surface area contributed by atoms with Crippen molar-refractivity contribution in [3.63, 3.8) is 0 Å². The van der Waals surface area contributed by atoms with E-state index in [0.717, 1.165) is 24.5 Å². The van der Waals surface area contributed by atoms with Gasteiger partial charge in [0, 0.05) is 26.6 Å². The minimum Gasteiger partial charge on any atom is -0.363 e. The average molecular weight is 276 g/mol. The molecule has 0 bridgehead atoms. The zero-order valence-electron chi connectivity index (χ0n) is 12.4. The van der Waals surface area contributed by atoms with E-state index in [9.17, 15) is 4.79 Å². The average Bonchev–Trinajstić information content (AvgIpc) is 2.47. The molecule has 5 heteroatoms. The zero-order valence-corrected chi connectivity index (χ0v) is 12.4. The molecule has 1 aromatic rings. The molecule has 1 aliphatic heterocycles. The van der Waals surface area contributed by atoms with Crippen LogP contribution in [0.15, 0.2) is 18.3 Å². The molecule has 1 aromatic heterocycles. The number of amides is 1. The summed E-state index contributed by atoms with van der Waals surface area (Å²) in [6, 6.07) is 4.29. The van der Waals surface area contributed by atoms with Gasteiger partial charge >= 0.3 is 0 Å². The van der Waals surface area contributed by atoms with Crippen molar-refractivity contribution in [3.05, 3.63) is 18.3 Å². The molecule has 1 atom stereocenters. The van der Waals surface area contributed by atoms with Crippen molar-refractivity contribution in [3.8, 4) is 0 Å². The second-order valence-electron chi connectivity index (χ2n) is 5.53. The number of pyridine rings is 1. The van der Waals surface area contributed by atoms with E-state index < -0.39 is 0 Å². The predicted molar refractivity (Wildman–Crippen MR) is 82.1 cm³/mol. The van der Waals surface area contributed by atoms with Crippen molar-refractivity contribution in [1.29, 1.82) is 0 Å². The topological polar surface area (TPSA) is 57.3 Å². The molecule has 0 saturated carbocycles. The molecular weight excluding hydrogens is 252 g/mol. The highest BCUT2D eigenvalue weighted by molar-refractivity contribution is 5.90. The Kier molecular flexibility index (Phi) is 5.35. The summed E-state index contributed by atoms with van der Waals surface area (Å²) in [5.41, 5.74) is 0.761. The minimum atomic E-state index is 0.0665. The van der Waals surface area contributed by atoms with E-state index in [1.165, 1.54) is 19.3 Å². The second-order valence-corrected chi connectivity index (χ2v) is 5.53. The molecule has 2 N–H and O–H groups in total. The van der Waals surface area contributed by atoms with Crippen molar-refractivity contribution < 1.29 is 4.79 Å². The van der Waals surface area contributed by atoms with Gasteiger partial charge in [0.1, 0.15) is 5.82 Å². The van der Waals surface area contributed by atoms with Gasteiger partial charge in [0.05, 0.1) is 11.9 Å². The fourth-order valence-corrected chi connectivity index (χ4v) is 2.42. The molecule has 0 radical (unpaired) electrons. The molecule has 2 rings (SSSR count). The largest absolute Gasteiger partial charge is 0.363 e. The number of carbonyl (C=O) groups excluding carboxylic acids is 1. The number of hydrogen-bond acceptors (Lipinski definition) is 4. The lowest BCUT2D eigenvalue weighted by Gasteiger charge is -2.23. The molecule has 1 unspecified atom stereocenters. The lowest BCUT2D eigenvalue weighted by molar-refractivity contribution is -0.116. The van der Waals surface area contributed by atoms with Gasteiger partial charge in [-0.2, -0.15) is 0 Å². The molecule has 20 heavy (non-hydrogen) atoms. The molecule has 0 aromatic carbocycles. The normalized spacial score (nSPS) is 18.6. The van der Waals surface area contributed by atoms with Gasteiger partial charge in [-0.3, -0.25) is 4.79 Å². The zero-order chi connectivity index (χ0) is 14.4. The first-order valence-electron chi connectivity index (χ1n) is 7.32. The first kappa shape index (κ1) is 14.8. The first-order chi connectivity index (χ1) is 9.65. The summed E-state index contributed by atoms with van der Waals surface area (Å²) in [4.78, 5) is 18.1. The summed E-state index contributed by atoms with van der Waals surface area (Å²) in [6.07, 6.45) is 6.89. The molecule has 110 valence electrons. The van der Waals surface area contributed by atoms with Gasteiger partial charge in [0.25, 0.3) is 0 Å². The maximum Gasteiger partial charge on any atom is 0.224 e. The minimum absolute atomic E-state index is 0.0665. The van der Waals surface area contributed by atoms with Gasteiger partial charge in [-0.05, 0) is 37.9 Å². The number of piperidine rings is 1. The van der Waals surface area contributed by atoms with Crippen molar-refractivity contribution in [1.82, 2.24) is 10.3 Å². The molecule has 2 heterocycles. The van der Waals surface area contributed by atoms with Gasteiger partial charge in [-0.15, -0.1) is 0 Å². The molecule has 0 spiro atoms. The third-order valence-electron chi connectivity index (χ3n) is 3.62. The number of rotatable bonds is 5. The van der Waals surface area contributed by atoms with Crippen molar-refractivity contribution >= 4 is 17.4 Å². The maximum atomic E-state index is 11.9.